The minimum absolute atomic E-state index is 0.134. The largest absolute Gasteiger partial charge is 0.380 e. The third-order valence-electron chi connectivity index (χ3n) is 7.62. The van der Waals surface area contributed by atoms with Crippen LogP contribution in [0.1, 0.15) is 33.6 Å². The fraction of sp³-hybridized carbons (Fsp3) is 0.536. The van der Waals surface area contributed by atoms with E-state index in [4.69, 9.17) is 21.3 Å². The Kier molecular flexibility index (Phi) is 8.35. The lowest BCUT2D eigenvalue weighted by Crippen LogP contribution is -2.51. The number of hydrogen-bond acceptors (Lipinski definition) is 7. The number of amides is 1. The van der Waals surface area contributed by atoms with Crippen LogP contribution in [0, 0.1) is 0 Å². The molecule has 0 atom stereocenters. The van der Waals surface area contributed by atoms with Crippen molar-refractivity contribution in [2.75, 3.05) is 62.7 Å². The molecule has 2 fully saturated rings. The number of carbonyl (C=O) groups is 1. The molecule has 0 unspecified atom stereocenters. The van der Waals surface area contributed by atoms with Crippen molar-refractivity contribution in [2.24, 2.45) is 0 Å². The second kappa shape index (κ2) is 11.9. The zero-order valence-electron chi connectivity index (χ0n) is 22.5. The number of H-pyrrole nitrogens is 1. The van der Waals surface area contributed by atoms with Gasteiger partial charge in [-0.05, 0) is 57.9 Å². The van der Waals surface area contributed by atoms with Crippen LogP contribution in [0.25, 0.3) is 22.6 Å². The summed E-state index contributed by atoms with van der Waals surface area (Å²) in [6.45, 7) is 12.4. The van der Waals surface area contributed by atoms with E-state index < -0.39 is 0 Å². The smallest absolute Gasteiger partial charge is 0.242 e. The molecule has 3 aromatic rings. The SMILES string of the molecule is CCOCCN1CCN(c2ccc(-c3nc4ncc(Cl)c(NC5CCN(C(C)C)CC5)c4[nH]3)cc2)CC1=O. The molecule has 0 saturated carbocycles. The summed E-state index contributed by atoms with van der Waals surface area (Å²) in [7, 11) is 0. The van der Waals surface area contributed by atoms with E-state index >= 15 is 0 Å². The van der Waals surface area contributed by atoms with E-state index in [1.54, 1.807) is 6.20 Å². The van der Waals surface area contributed by atoms with Gasteiger partial charge in [0.15, 0.2) is 5.65 Å². The van der Waals surface area contributed by atoms with Gasteiger partial charge in [-0.2, -0.15) is 0 Å². The van der Waals surface area contributed by atoms with Crippen LogP contribution in [0.15, 0.2) is 30.5 Å². The monoisotopic (exact) mass is 539 g/mol. The van der Waals surface area contributed by atoms with Gasteiger partial charge in [0.25, 0.3) is 0 Å². The number of pyridine rings is 1. The summed E-state index contributed by atoms with van der Waals surface area (Å²) in [5.74, 6) is 0.881. The molecule has 2 aliphatic heterocycles. The van der Waals surface area contributed by atoms with E-state index in [2.05, 4.69) is 38.9 Å². The molecule has 204 valence electrons. The normalized spacial score (nSPS) is 17.7. The Morgan fingerprint density at radius 3 is 2.61 bits per heavy atom. The molecule has 10 heteroatoms. The maximum absolute atomic E-state index is 12.6. The van der Waals surface area contributed by atoms with Crippen LogP contribution in [0.4, 0.5) is 11.4 Å². The van der Waals surface area contributed by atoms with Crippen molar-refractivity contribution in [2.45, 2.75) is 45.7 Å². The van der Waals surface area contributed by atoms with Gasteiger partial charge in [-0.1, -0.05) is 11.6 Å². The van der Waals surface area contributed by atoms with Gasteiger partial charge < -0.3 is 29.7 Å². The summed E-state index contributed by atoms with van der Waals surface area (Å²) in [6, 6.07) is 9.11. The number of halogens is 1. The average molecular weight is 540 g/mol. The molecule has 5 rings (SSSR count). The van der Waals surface area contributed by atoms with Gasteiger partial charge in [0, 0.05) is 62.7 Å². The summed E-state index contributed by atoms with van der Waals surface area (Å²) < 4.78 is 5.40. The second-order valence-electron chi connectivity index (χ2n) is 10.4. The molecule has 0 spiro atoms. The highest BCUT2D eigenvalue weighted by atomic mass is 35.5. The predicted octanol–water partition coefficient (Wildman–Crippen LogP) is 4.25. The Morgan fingerprint density at radius 2 is 1.92 bits per heavy atom. The van der Waals surface area contributed by atoms with Crippen LogP contribution >= 0.6 is 11.6 Å². The summed E-state index contributed by atoms with van der Waals surface area (Å²) >= 11 is 6.59. The van der Waals surface area contributed by atoms with Gasteiger partial charge in [-0.3, -0.25) is 4.79 Å². The quantitative estimate of drug-likeness (QED) is 0.393. The maximum Gasteiger partial charge on any atom is 0.242 e. The van der Waals surface area contributed by atoms with Gasteiger partial charge in [-0.25, -0.2) is 9.97 Å². The number of piperazine rings is 1. The van der Waals surface area contributed by atoms with Crippen molar-refractivity contribution in [3.05, 3.63) is 35.5 Å². The number of ether oxygens (including phenoxy) is 1. The van der Waals surface area contributed by atoms with Crippen LogP contribution in [0.5, 0.6) is 0 Å². The molecule has 4 heterocycles. The molecule has 0 aliphatic carbocycles. The first kappa shape index (κ1) is 26.7. The molecule has 38 heavy (non-hydrogen) atoms. The van der Waals surface area contributed by atoms with Crippen molar-refractivity contribution >= 4 is 40.0 Å². The molecule has 2 N–H and O–H groups in total. The van der Waals surface area contributed by atoms with E-state index in [9.17, 15) is 4.79 Å². The van der Waals surface area contributed by atoms with E-state index in [1.807, 2.05) is 36.1 Å². The van der Waals surface area contributed by atoms with Crippen molar-refractivity contribution in [3.8, 4) is 11.4 Å². The summed E-state index contributed by atoms with van der Waals surface area (Å²) in [5.41, 5.74) is 4.33. The Labute approximate surface area is 229 Å². The number of benzene rings is 1. The van der Waals surface area contributed by atoms with Gasteiger partial charge >= 0.3 is 0 Å². The number of nitrogens with one attached hydrogen (secondary N) is 2. The number of aromatic nitrogens is 3. The molecule has 1 amide bonds. The minimum Gasteiger partial charge on any atom is -0.380 e. The molecule has 2 aromatic heterocycles. The minimum atomic E-state index is 0.134. The van der Waals surface area contributed by atoms with Crippen molar-refractivity contribution < 1.29 is 9.53 Å². The number of piperidine rings is 1. The van der Waals surface area contributed by atoms with Crippen LogP contribution < -0.4 is 10.2 Å². The molecular formula is C28H38ClN7O2. The van der Waals surface area contributed by atoms with E-state index in [1.165, 1.54) is 0 Å². The zero-order chi connectivity index (χ0) is 26.6. The highest BCUT2D eigenvalue weighted by Gasteiger charge is 2.25. The van der Waals surface area contributed by atoms with Gasteiger partial charge in [0.1, 0.15) is 11.3 Å². The first-order chi connectivity index (χ1) is 18.4. The fourth-order valence-corrected chi connectivity index (χ4v) is 5.49. The van der Waals surface area contributed by atoms with Crippen molar-refractivity contribution in [1.82, 2.24) is 24.8 Å². The van der Waals surface area contributed by atoms with Gasteiger partial charge in [0.2, 0.25) is 5.91 Å². The lowest BCUT2D eigenvalue weighted by atomic mass is 10.0. The summed E-state index contributed by atoms with van der Waals surface area (Å²) in [4.78, 5) is 31.8. The first-order valence-electron chi connectivity index (χ1n) is 13.7. The number of imidazole rings is 1. The van der Waals surface area contributed by atoms with Crippen LogP contribution in [0.2, 0.25) is 5.02 Å². The molecule has 2 aliphatic rings. The fourth-order valence-electron chi connectivity index (χ4n) is 5.29. The topological polar surface area (TPSA) is 89.6 Å². The first-order valence-corrected chi connectivity index (χ1v) is 14.1. The van der Waals surface area contributed by atoms with Gasteiger partial charge in [0.05, 0.1) is 30.1 Å². The Balaban J connectivity index is 1.27. The van der Waals surface area contributed by atoms with Crippen molar-refractivity contribution in [3.63, 3.8) is 0 Å². The number of hydrogen-bond donors (Lipinski definition) is 2. The number of carbonyl (C=O) groups excluding carboxylic acids is 1. The number of aromatic amines is 1. The van der Waals surface area contributed by atoms with Crippen LogP contribution in [-0.4, -0.2) is 95.2 Å². The number of fused-ring (bicyclic) bond motifs is 1. The highest BCUT2D eigenvalue weighted by molar-refractivity contribution is 6.34. The third kappa shape index (κ3) is 5.90. The standard InChI is InChI=1S/C28H38ClN7O2/c1-4-38-16-15-35-13-14-36(18-24(35)37)22-7-5-20(6-8-22)27-32-26-25(23(29)17-30-28(26)33-27)31-21-9-11-34(12-10-21)19(2)3/h5-8,17,19,21H,4,9-16,18H2,1-3H3,(H2,30,31,32,33). The molecular weight excluding hydrogens is 502 g/mol. The summed E-state index contributed by atoms with van der Waals surface area (Å²) in [6.07, 6.45) is 3.82. The predicted molar refractivity (Wildman–Crippen MR) is 153 cm³/mol. The second-order valence-corrected chi connectivity index (χ2v) is 10.8. The Bertz CT molecular complexity index is 1240. The highest BCUT2D eigenvalue weighted by Crippen LogP contribution is 2.32. The van der Waals surface area contributed by atoms with E-state index in [0.29, 0.717) is 55.6 Å². The molecule has 0 radical (unpaired) electrons. The van der Waals surface area contributed by atoms with Crippen molar-refractivity contribution in [1.29, 1.82) is 0 Å². The number of likely N-dealkylation sites (tertiary alicyclic amines) is 1. The lowest BCUT2D eigenvalue weighted by Gasteiger charge is -2.35. The van der Waals surface area contributed by atoms with Crippen LogP contribution in [-0.2, 0) is 9.53 Å². The molecule has 9 nitrogen and oxygen atoms in total. The van der Waals surface area contributed by atoms with Crippen LogP contribution in [0.3, 0.4) is 0 Å². The van der Waals surface area contributed by atoms with E-state index in [0.717, 1.165) is 60.8 Å². The maximum atomic E-state index is 12.6. The number of nitrogens with zero attached hydrogens (tertiary/aromatic N) is 5. The van der Waals surface area contributed by atoms with Gasteiger partial charge in [-0.15, -0.1) is 0 Å². The molecule has 0 bridgehead atoms. The average Bonchev–Trinajstić information content (AvgIpc) is 3.36. The lowest BCUT2D eigenvalue weighted by molar-refractivity contribution is -0.131. The number of anilines is 2. The molecule has 1 aromatic carbocycles. The number of rotatable bonds is 9. The Hall–Kier alpha value is -2.88. The molecule has 2 saturated heterocycles. The summed E-state index contributed by atoms with van der Waals surface area (Å²) in [5, 5.41) is 4.27. The zero-order valence-corrected chi connectivity index (χ0v) is 23.3. The Morgan fingerprint density at radius 1 is 1.16 bits per heavy atom. The third-order valence-corrected chi connectivity index (χ3v) is 7.90. The van der Waals surface area contributed by atoms with E-state index in [-0.39, 0.29) is 5.91 Å².